The molecule has 3 nitrogen and oxygen atoms in total. The molecule has 0 unspecified atom stereocenters. The highest BCUT2D eigenvalue weighted by Gasteiger charge is 2.45. The molecule has 0 atom stereocenters. The number of nitrogens with one attached hydrogen (secondary N) is 1. The number of hydrazine groups is 1. The summed E-state index contributed by atoms with van der Waals surface area (Å²) >= 11 is 18.8. The molecule has 13 heteroatoms. The second-order valence-corrected chi connectivity index (χ2v) is 5.12. The van der Waals surface area contributed by atoms with Crippen LogP contribution in [0.4, 0.5) is 32.0 Å². The van der Waals surface area contributed by atoms with E-state index in [4.69, 9.17) is 34.8 Å². The van der Waals surface area contributed by atoms with E-state index in [0.29, 0.717) is 0 Å². The van der Waals surface area contributed by atoms with Gasteiger partial charge in [-0.15, -0.1) is 0 Å². The molecule has 124 valence electrons. The molecule has 0 aromatic heterocycles. The lowest BCUT2D eigenvalue weighted by Crippen LogP contribution is -2.46. The van der Waals surface area contributed by atoms with Crippen molar-refractivity contribution in [2.45, 2.75) is 12.4 Å². The van der Waals surface area contributed by atoms with Crippen LogP contribution in [0.25, 0.3) is 0 Å². The number of halogens is 10. The largest absolute Gasteiger partial charge is 0.473 e. The van der Waals surface area contributed by atoms with Gasteiger partial charge in [-0.25, -0.2) is 5.01 Å². The van der Waals surface area contributed by atoms with Gasteiger partial charge >= 0.3 is 18.3 Å². The predicted octanol–water partition coefficient (Wildman–Crippen LogP) is 5.38. The summed E-state index contributed by atoms with van der Waals surface area (Å²) in [5.41, 5.74) is -2.34. The minimum Gasteiger partial charge on any atom is -0.262 e. The Kier molecular flexibility index (Phi) is 5.89. The van der Waals surface area contributed by atoms with Crippen LogP contribution in [-0.4, -0.2) is 12.1 Å². The summed E-state index contributed by atoms with van der Waals surface area (Å²) in [6.45, 7) is 0. The number of hydrogen-bond donors (Lipinski definition) is 1. The lowest BCUT2D eigenvalue weighted by atomic mass is 10.2. The van der Waals surface area contributed by atoms with E-state index in [1.54, 1.807) is 4.45 Å². The summed E-state index contributed by atoms with van der Waals surface area (Å²) in [5.74, 6) is -2.48. The second-order valence-electron chi connectivity index (χ2n) is 3.60. The molecule has 0 aliphatic rings. The van der Waals surface area contributed by atoms with Crippen molar-refractivity contribution in [1.82, 2.24) is 4.45 Å². The highest BCUT2D eigenvalue weighted by atomic mass is 79.9. The third-order valence-electron chi connectivity index (χ3n) is 2.19. The number of nitrogens with zero attached hydrogens (tertiary/aromatic N) is 1. The van der Waals surface area contributed by atoms with Crippen molar-refractivity contribution in [1.29, 1.82) is 0 Å². The lowest BCUT2D eigenvalue weighted by molar-refractivity contribution is -0.170. The molecule has 1 amide bonds. The first-order valence-corrected chi connectivity index (χ1v) is 6.77. The van der Waals surface area contributed by atoms with E-state index in [9.17, 15) is 31.1 Å². The van der Waals surface area contributed by atoms with Crippen LogP contribution >= 0.6 is 51.0 Å². The third-order valence-corrected chi connectivity index (χ3v) is 3.69. The quantitative estimate of drug-likeness (QED) is 0.282. The van der Waals surface area contributed by atoms with Gasteiger partial charge in [0.05, 0.1) is 20.6 Å². The van der Waals surface area contributed by atoms with Gasteiger partial charge in [0.15, 0.2) is 0 Å². The van der Waals surface area contributed by atoms with Crippen LogP contribution in [0.15, 0.2) is 6.07 Å². The number of rotatable bonds is 2. The van der Waals surface area contributed by atoms with Gasteiger partial charge in [-0.05, 0) is 6.07 Å². The number of carbonyl (C=O) groups is 1. The first kappa shape index (κ1) is 19.6. The maximum absolute atomic E-state index is 12.7. The van der Waals surface area contributed by atoms with Gasteiger partial charge in [-0.2, -0.15) is 30.8 Å². The van der Waals surface area contributed by atoms with Crippen LogP contribution in [-0.2, 0) is 11.0 Å². The van der Waals surface area contributed by atoms with Gasteiger partial charge in [0.2, 0.25) is 0 Å². The van der Waals surface area contributed by atoms with Crippen LogP contribution in [0.2, 0.25) is 15.1 Å². The van der Waals surface area contributed by atoms with Gasteiger partial charge in [-0.1, -0.05) is 34.8 Å². The molecule has 0 saturated heterocycles. The molecule has 0 spiro atoms. The molecule has 0 radical (unpaired) electrons. The minimum absolute atomic E-state index is 0.225. The number of anilines is 1. The van der Waals surface area contributed by atoms with Crippen molar-refractivity contribution in [2.24, 2.45) is 0 Å². The van der Waals surface area contributed by atoms with Crippen molar-refractivity contribution in [3.8, 4) is 0 Å². The standard InChI is InChI=1S/C9H2BrCl3F6N2O/c10-20-21(7(22)9(17,18)19)6-3(11)1-2(8(14,15)16)4(12)5(6)13/h1,20H. The van der Waals surface area contributed by atoms with E-state index in [1.807, 2.05) is 0 Å². The van der Waals surface area contributed by atoms with Crippen LogP contribution in [0.5, 0.6) is 0 Å². The van der Waals surface area contributed by atoms with Gasteiger partial charge in [0.25, 0.3) is 0 Å². The monoisotopic (exact) mass is 452 g/mol. The fourth-order valence-corrected chi connectivity index (χ4v) is 2.52. The zero-order chi connectivity index (χ0) is 17.5. The van der Waals surface area contributed by atoms with Crippen molar-refractivity contribution < 1.29 is 31.1 Å². The molecule has 1 aromatic carbocycles. The van der Waals surface area contributed by atoms with Gasteiger partial charge in [0, 0.05) is 16.1 Å². The molecular weight excluding hydrogens is 452 g/mol. The summed E-state index contributed by atoms with van der Waals surface area (Å²) in [5, 5.41) is -3.18. The van der Waals surface area contributed by atoms with E-state index < -0.39 is 44.6 Å². The first-order valence-electron chi connectivity index (χ1n) is 4.84. The lowest BCUT2D eigenvalue weighted by Gasteiger charge is -2.24. The van der Waals surface area contributed by atoms with Gasteiger partial charge in [0.1, 0.15) is 5.69 Å². The Labute approximate surface area is 142 Å². The van der Waals surface area contributed by atoms with Crippen molar-refractivity contribution in [3.05, 3.63) is 26.7 Å². The van der Waals surface area contributed by atoms with E-state index in [0.717, 1.165) is 0 Å². The Hall–Kier alpha value is -0.420. The Balaban J connectivity index is 3.55. The zero-order valence-corrected chi connectivity index (χ0v) is 13.6. The van der Waals surface area contributed by atoms with Crippen LogP contribution < -0.4 is 9.46 Å². The number of amides is 1. The predicted molar refractivity (Wildman–Crippen MR) is 72.1 cm³/mol. The highest BCUT2D eigenvalue weighted by Crippen LogP contribution is 2.46. The maximum atomic E-state index is 12.7. The molecule has 1 aromatic rings. The van der Waals surface area contributed by atoms with E-state index in [1.165, 1.54) is 0 Å². The second kappa shape index (κ2) is 6.60. The molecule has 0 bridgehead atoms. The Morgan fingerprint density at radius 1 is 1.09 bits per heavy atom. The molecule has 0 aliphatic heterocycles. The van der Waals surface area contributed by atoms with Gasteiger partial charge in [-0.3, -0.25) is 4.79 Å². The molecule has 0 fully saturated rings. The van der Waals surface area contributed by atoms with E-state index in [2.05, 4.69) is 16.1 Å². The normalized spacial score (nSPS) is 12.5. The molecule has 1 N–H and O–H groups in total. The van der Waals surface area contributed by atoms with Crippen LogP contribution in [0.1, 0.15) is 5.56 Å². The number of benzene rings is 1. The minimum atomic E-state index is -5.34. The van der Waals surface area contributed by atoms with E-state index >= 15 is 0 Å². The Morgan fingerprint density at radius 2 is 1.59 bits per heavy atom. The summed E-state index contributed by atoms with van der Waals surface area (Å²) in [6.07, 6.45) is -10.3. The van der Waals surface area contributed by atoms with Crippen molar-refractivity contribution in [3.63, 3.8) is 0 Å². The number of hydrogen-bond acceptors (Lipinski definition) is 2. The summed E-state index contributed by atoms with van der Waals surface area (Å²) in [6, 6.07) is 0.256. The maximum Gasteiger partial charge on any atom is 0.473 e. The Bertz CT molecular complexity index is 606. The average molecular weight is 454 g/mol. The highest BCUT2D eigenvalue weighted by molar-refractivity contribution is 9.08. The summed E-state index contributed by atoms with van der Waals surface area (Å²) < 4.78 is 77.1. The smallest absolute Gasteiger partial charge is 0.262 e. The molecular formula is C9H2BrCl3F6N2O. The van der Waals surface area contributed by atoms with Crippen molar-refractivity contribution in [2.75, 3.05) is 5.01 Å². The fraction of sp³-hybridized carbons (Fsp3) is 0.222. The van der Waals surface area contributed by atoms with Crippen molar-refractivity contribution >= 4 is 62.5 Å². The Morgan fingerprint density at radius 3 is 1.95 bits per heavy atom. The average Bonchev–Trinajstić information content (AvgIpc) is 2.35. The van der Waals surface area contributed by atoms with Crippen LogP contribution in [0.3, 0.4) is 0 Å². The third kappa shape index (κ3) is 3.91. The number of alkyl halides is 6. The fourth-order valence-electron chi connectivity index (χ4n) is 1.31. The van der Waals surface area contributed by atoms with Crippen LogP contribution in [0, 0.1) is 0 Å². The molecule has 0 aliphatic carbocycles. The zero-order valence-electron chi connectivity index (χ0n) is 9.71. The molecule has 1 rings (SSSR count). The SMILES string of the molecule is O=C(N(NBr)c1c(Cl)cc(C(F)(F)F)c(Cl)c1Cl)C(F)(F)F. The molecule has 0 heterocycles. The molecule has 0 saturated carbocycles. The molecule has 22 heavy (non-hydrogen) atoms. The van der Waals surface area contributed by atoms with Gasteiger partial charge < -0.3 is 0 Å². The van der Waals surface area contributed by atoms with E-state index in [-0.39, 0.29) is 11.1 Å². The first-order chi connectivity index (χ1) is 9.82. The summed E-state index contributed by atoms with van der Waals surface area (Å²) in [4.78, 5) is 11.2. The topological polar surface area (TPSA) is 32.3 Å². The number of carbonyl (C=O) groups excluding carboxylic acids is 1. The summed E-state index contributed by atoms with van der Waals surface area (Å²) in [7, 11) is 0.